The monoisotopic (exact) mass is 318 g/mol. The molecule has 3 aliphatic rings. The molecule has 0 aromatic heterocycles. The molecular weight excluding hydrogens is 300 g/mol. The first-order valence-corrected chi connectivity index (χ1v) is 8.40. The Labute approximate surface area is 134 Å². The Kier molecular flexibility index (Phi) is 3.37. The lowest BCUT2D eigenvalue weighted by Gasteiger charge is -2.34. The van der Waals surface area contributed by atoms with Crippen LogP contribution in [-0.2, 0) is 9.59 Å². The largest absolute Gasteiger partial charge is 0.342 e. The van der Waals surface area contributed by atoms with E-state index in [0.717, 1.165) is 50.0 Å². The molecule has 116 valence electrons. The topological polar surface area (TPSA) is 49.4 Å². The van der Waals surface area contributed by atoms with E-state index in [4.69, 9.17) is 11.6 Å². The molecule has 4 rings (SSSR count). The molecule has 1 N–H and O–H groups in total. The molecule has 0 spiro atoms. The average molecular weight is 319 g/mol. The van der Waals surface area contributed by atoms with Crippen LogP contribution >= 0.6 is 11.6 Å². The summed E-state index contributed by atoms with van der Waals surface area (Å²) in [5, 5.41) is 3.59. The van der Waals surface area contributed by atoms with Crippen LogP contribution in [0.4, 0.5) is 5.69 Å². The van der Waals surface area contributed by atoms with Crippen LogP contribution < -0.4 is 5.32 Å². The highest BCUT2D eigenvalue weighted by Crippen LogP contribution is 2.42. The number of nitrogens with zero attached hydrogens (tertiary/aromatic N) is 1. The Morgan fingerprint density at radius 1 is 1.18 bits per heavy atom. The summed E-state index contributed by atoms with van der Waals surface area (Å²) in [7, 11) is 0. The van der Waals surface area contributed by atoms with Gasteiger partial charge in [0.2, 0.25) is 11.8 Å². The van der Waals surface area contributed by atoms with Gasteiger partial charge in [-0.05, 0) is 49.3 Å². The molecule has 1 aromatic carbocycles. The second-order valence-electron chi connectivity index (χ2n) is 6.64. The molecule has 0 radical (unpaired) electrons. The van der Waals surface area contributed by atoms with Gasteiger partial charge in [0, 0.05) is 29.7 Å². The minimum atomic E-state index is -0.0922. The highest BCUT2D eigenvalue weighted by atomic mass is 35.5. The van der Waals surface area contributed by atoms with Gasteiger partial charge in [-0.2, -0.15) is 0 Å². The van der Waals surface area contributed by atoms with Crippen LogP contribution in [0.5, 0.6) is 0 Å². The number of fused-ring (bicyclic) bond motifs is 1. The molecule has 1 aromatic rings. The van der Waals surface area contributed by atoms with Crippen molar-refractivity contribution in [3.63, 3.8) is 0 Å². The van der Waals surface area contributed by atoms with Crippen LogP contribution in [0.1, 0.15) is 37.2 Å². The van der Waals surface area contributed by atoms with Crippen LogP contribution in [0.15, 0.2) is 18.2 Å². The third-order valence-corrected chi connectivity index (χ3v) is 5.38. The fraction of sp³-hybridized carbons (Fsp3) is 0.529. The van der Waals surface area contributed by atoms with Crippen molar-refractivity contribution in [3.8, 4) is 0 Å². The quantitative estimate of drug-likeness (QED) is 0.911. The molecule has 2 aliphatic heterocycles. The minimum absolute atomic E-state index is 0.0734. The van der Waals surface area contributed by atoms with Gasteiger partial charge in [0.05, 0.1) is 5.92 Å². The maximum absolute atomic E-state index is 12.3. The maximum atomic E-state index is 12.3. The number of carbonyl (C=O) groups is 2. The molecule has 2 fully saturated rings. The lowest BCUT2D eigenvalue weighted by atomic mass is 9.80. The Morgan fingerprint density at radius 2 is 1.91 bits per heavy atom. The standard InChI is InChI=1S/C17H19ClN2O2/c18-12-3-4-13-14(9-12)19-16(21)15(13)10-5-7-20(8-6-10)17(22)11-1-2-11/h3-4,9-11,15H,1-2,5-8H2,(H,19,21). The van der Waals surface area contributed by atoms with Crippen molar-refractivity contribution in [2.45, 2.75) is 31.6 Å². The van der Waals surface area contributed by atoms with Crippen molar-refractivity contribution >= 4 is 29.1 Å². The fourth-order valence-electron chi connectivity index (χ4n) is 3.77. The molecule has 1 aliphatic carbocycles. The van der Waals surface area contributed by atoms with Crippen LogP contribution in [0.25, 0.3) is 0 Å². The first kappa shape index (κ1) is 14.1. The summed E-state index contributed by atoms with van der Waals surface area (Å²) in [5.74, 6) is 0.899. The van der Waals surface area contributed by atoms with Crippen molar-refractivity contribution in [1.29, 1.82) is 0 Å². The Hall–Kier alpha value is -1.55. The number of anilines is 1. The molecule has 1 saturated carbocycles. The minimum Gasteiger partial charge on any atom is -0.342 e. The number of nitrogens with one attached hydrogen (secondary N) is 1. The van der Waals surface area contributed by atoms with E-state index in [1.807, 2.05) is 23.1 Å². The van der Waals surface area contributed by atoms with Gasteiger partial charge in [0.25, 0.3) is 0 Å². The zero-order valence-electron chi connectivity index (χ0n) is 12.3. The smallest absolute Gasteiger partial charge is 0.232 e. The molecule has 5 heteroatoms. The Balaban J connectivity index is 1.47. The third kappa shape index (κ3) is 2.39. The van der Waals surface area contributed by atoms with Crippen LogP contribution in [0.2, 0.25) is 5.02 Å². The van der Waals surface area contributed by atoms with Gasteiger partial charge >= 0.3 is 0 Å². The number of piperidine rings is 1. The van der Waals surface area contributed by atoms with E-state index in [2.05, 4.69) is 5.32 Å². The SMILES string of the molecule is O=C1Nc2cc(Cl)ccc2C1C1CCN(C(=O)C2CC2)CC1. The predicted octanol–water partition coefficient (Wildman–Crippen LogP) is 3.02. The number of amides is 2. The summed E-state index contributed by atoms with van der Waals surface area (Å²) in [5.41, 5.74) is 1.90. The van der Waals surface area contributed by atoms with Gasteiger partial charge in [0.1, 0.15) is 0 Å². The van der Waals surface area contributed by atoms with Crippen molar-refractivity contribution in [1.82, 2.24) is 4.90 Å². The zero-order valence-corrected chi connectivity index (χ0v) is 13.1. The van der Waals surface area contributed by atoms with Crippen LogP contribution in [0.3, 0.4) is 0 Å². The third-order valence-electron chi connectivity index (χ3n) is 5.14. The Morgan fingerprint density at radius 3 is 2.59 bits per heavy atom. The van der Waals surface area contributed by atoms with Crippen molar-refractivity contribution in [2.75, 3.05) is 18.4 Å². The molecule has 2 amide bonds. The highest BCUT2D eigenvalue weighted by molar-refractivity contribution is 6.31. The molecular formula is C17H19ClN2O2. The zero-order chi connectivity index (χ0) is 15.3. The van der Waals surface area contributed by atoms with Gasteiger partial charge in [0.15, 0.2) is 0 Å². The van der Waals surface area contributed by atoms with Gasteiger partial charge < -0.3 is 10.2 Å². The molecule has 2 heterocycles. The number of benzene rings is 1. The number of likely N-dealkylation sites (tertiary alicyclic amines) is 1. The maximum Gasteiger partial charge on any atom is 0.232 e. The summed E-state index contributed by atoms with van der Waals surface area (Å²) in [6, 6.07) is 5.63. The van der Waals surface area contributed by atoms with Crippen LogP contribution in [0, 0.1) is 11.8 Å². The number of hydrogen-bond acceptors (Lipinski definition) is 2. The summed E-state index contributed by atoms with van der Waals surface area (Å²) < 4.78 is 0. The molecule has 1 unspecified atom stereocenters. The molecule has 22 heavy (non-hydrogen) atoms. The van der Waals surface area contributed by atoms with E-state index >= 15 is 0 Å². The number of rotatable bonds is 2. The van der Waals surface area contributed by atoms with Gasteiger partial charge in [-0.15, -0.1) is 0 Å². The van der Waals surface area contributed by atoms with E-state index in [9.17, 15) is 9.59 Å². The predicted molar refractivity (Wildman–Crippen MR) is 84.9 cm³/mol. The lowest BCUT2D eigenvalue weighted by molar-refractivity contribution is -0.134. The lowest BCUT2D eigenvalue weighted by Crippen LogP contribution is -2.41. The molecule has 0 bridgehead atoms. The molecule has 4 nitrogen and oxygen atoms in total. The van der Waals surface area contributed by atoms with E-state index < -0.39 is 0 Å². The summed E-state index contributed by atoms with van der Waals surface area (Å²) in [4.78, 5) is 26.5. The Bertz CT molecular complexity index is 634. The number of carbonyl (C=O) groups excluding carboxylic acids is 2. The van der Waals surface area contributed by atoms with E-state index in [1.54, 1.807) is 0 Å². The van der Waals surface area contributed by atoms with Crippen LogP contribution in [-0.4, -0.2) is 29.8 Å². The second-order valence-corrected chi connectivity index (χ2v) is 7.07. The van der Waals surface area contributed by atoms with E-state index in [1.165, 1.54) is 0 Å². The average Bonchev–Trinajstić information content (AvgIpc) is 3.30. The number of hydrogen-bond donors (Lipinski definition) is 1. The van der Waals surface area contributed by atoms with Crippen molar-refractivity contribution in [3.05, 3.63) is 28.8 Å². The number of halogens is 1. The summed E-state index contributed by atoms with van der Waals surface area (Å²) in [6.07, 6.45) is 3.91. The highest BCUT2D eigenvalue weighted by Gasteiger charge is 2.40. The second kappa shape index (κ2) is 5.27. The van der Waals surface area contributed by atoms with Gasteiger partial charge in [-0.25, -0.2) is 0 Å². The van der Waals surface area contributed by atoms with Gasteiger partial charge in [-0.3, -0.25) is 9.59 Å². The summed E-state index contributed by atoms with van der Waals surface area (Å²) in [6.45, 7) is 1.57. The normalized spacial score (nSPS) is 25.0. The van der Waals surface area contributed by atoms with Gasteiger partial charge in [-0.1, -0.05) is 17.7 Å². The van der Waals surface area contributed by atoms with Crippen molar-refractivity contribution in [2.24, 2.45) is 11.8 Å². The fourth-order valence-corrected chi connectivity index (χ4v) is 3.94. The first-order valence-electron chi connectivity index (χ1n) is 8.02. The molecule has 1 saturated heterocycles. The first-order chi connectivity index (χ1) is 10.6. The van der Waals surface area contributed by atoms with Crippen molar-refractivity contribution < 1.29 is 9.59 Å². The van der Waals surface area contributed by atoms with E-state index in [0.29, 0.717) is 16.8 Å². The van der Waals surface area contributed by atoms with E-state index in [-0.39, 0.29) is 17.7 Å². The summed E-state index contributed by atoms with van der Waals surface area (Å²) >= 11 is 6.00. The molecule has 1 atom stereocenters.